The van der Waals surface area contributed by atoms with Crippen molar-refractivity contribution in [2.45, 2.75) is 44.5 Å². The Morgan fingerprint density at radius 1 is 1.62 bits per heavy atom. The normalized spacial score (nSPS) is 22.5. The van der Waals surface area contributed by atoms with E-state index in [1.54, 1.807) is 0 Å². The number of rotatable bonds is 5. The van der Waals surface area contributed by atoms with Crippen LogP contribution in [0.5, 0.6) is 0 Å². The van der Waals surface area contributed by atoms with Gasteiger partial charge in [-0.15, -0.1) is 0 Å². The van der Waals surface area contributed by atoms with Crippen molar-refractivity contribution in [1.29, 1.82) is 0 Å². The number of aryl methyl sites for hydroxylation is 1. The van der Waals surface area contributed by atoms with E-state index >= 15 is 0 Å². The number of hydrogen-bond donors (Lipinski definition) is 1. The predicted molar refractivity (Wildman–Crippen MR) is 69.8 cm³/mol. The molecule has 0 amide bonds. The number of nitrogens with one attached hydrogen (secondary N) is 1. The fourth-order valence-corrected chi connectivity index (χ4v) is 3.78. The van der Waals surface area contributed by atoms with Crippen LogP contribution in [0.3, 0.4) is 0 Å². The largest absolute Gasteiger partial charge is 0.308 e. The summed E-state index contributed by atoms with van der Waals surface area (Å²) in [7, 11) is 0. The average Bonchev–Trinajstić information content (AvgIpc) is 2.96. The highest BCUT2D eigenvalue weighted by atomic mass is 32.2. The molecule has 1 aromatic heterocycles. The Hall–Kier alpha value is -0.480. The van der Waals surface area contributed by atoms with E-state index in [0.717, 1.165) is 18.3 Å². The molecular formula is C12H21N3S. The number of aromatic nitrogens is 2. The lowest BCUT2D eigenvalue weighted by Gasteiger charge is -2.24. The minimum absolute atomic E-state index is 0.472. The van der Waals surface area contributed by atoms with Gasteiger partial charge >= 0.3 is 0 Å². The fourth-order valence-electron chi connectivity index (χ4n) is 2.38. The van der Waals surface area contributed by atoms with Gasteiger partial charge in [0.2, 0.25) is 0 Å². The Morgan fingerprint density at radius 2 is 2.50 bits per heavy atom. The SMILES string of the molecule is CCNC(c1ccnn1CC)C1CCCS1. The van der Waals surface area contributed by atoms with E-state index in [2.05, 4.69) is 46.8 Å². The summed E-state index contributed by atoms with van der Waals surface area (Å²) in [6.45, 7) is 6.32. The van der Waals surface area contributed by atoms with Crippen LogP contribution in [0.25, 0.3) is 0 Å². The van der Waals surface area contributed by atoms with Crippen molar-refractivity contribution in [2.24, 2.45) is 0 Å². The summed E-state index contributed by atoms with van der Waals surface area (Å²) >= 11 is 2.10. The van der Waals surface area contributed by atoms with Crippen LogP contribution >= 0.6 is 11.8 Å². The molecule has 2 rings (SSSR count). The Kier molecular flexibility index (Phi) is 4.29. The lowest BCUT2D eigenvalue weighted by molar-refractivity contribution is 0.471. The fraction of sp³-hybridized carbons (Fsp3) is 0.750. The number of thioether (sulfide) groups is 1. The molecule has 1 N–H and O–H groups in total. The monoisotopic (exact) mass is 239 g/mol. The second kappa shape index (κ2) is 5.73. The highest BCUT2D eigenvalue weighted by Crippen LogP contribution is 2.35. The molecule has 1 fully saturated rings. The molecular weight excluding hydrogens is 218 g/mol. The third-order valence-electron chi connectivity index (χ3n) is 3.13. The summed E-state index contributed by atoms with van der Waals surface area (Å²) in [6, 6.07) is 2.63. The maximum absolute atomic E-state index is 4.38. The van der Waals surface area contributed by atoms with Crippen molar-refractivity contribution in [3.05, 3.63) is 18.0 Å². The lowest BCUT2D eigenvalue weighted by atomic mass is 10.1. The molecule has 16 heavy (non-hydrogen) atoms. The van der Waals surface area contributed by atoms with Crippen LogP contribution in [0.4, 0.5) is 0 Å². The zero-order valence-electron chi connectivity index (χ0n) is 10.1. The van der Waals surface area contributed by atoms with E-state index in [1.807, 2.05) is 6.20 Å². The number of nitrogens with zero attached hydrogens (tertiary/aromatic N) is 2. The van der Waals surface area contributed by atoms with Gasteiger partial charge in [0.15, 0.2) is 0 Å². The highest BCUT2D eigenvalue weighted by molar-refractivity contribution is 8.00. The highest BCUT2D eigenvalue weighted by Gasteiger charge is 2.28. The van der Waals surface area contributed by atoms with E-state index in [1.165, 1.54) is 24.3 Å². The van der Waals surface area contributed by atoms with Gasteiger partial charge in [-0.25, -0.2) is 0 Å². The molecule has 1 aliphatic rings. The summed E-state index contributed by atoms with van der Waals surface area (Å²) in [5.74, 6) is 1.31. The summed E-state index contributed by atoms with van der Waals surface area (Å²) in [5, 5.41) is 8.72. The van der Waals surface area contributed by atoms with Crippen LogP contribution in [-0.2, 0) is 6.54 Å². The minimum atomic E-state index is 0.472. The van der Waals surface area contributed by atoms with Gasteiger partial charge in [0.1, 0.15) is 0 Å². The van der Waals surface area contributed by atoms with Gasteiger partial charge in [-0.1, -0.05) is 6.92 Å². The van der Waals surface area contributed by atoms with Gasteiger partial charge < -0.3 is 5.32 Å². The van der Waals surface area contributed by atoms with Gasteiger partial charge in [0.05, 0.1) is 11.7 Å². The molecule has 0 aliphatic carbocycles. The minimum Gasteiger partial charge on any atom is -0.308 e. The molecule has 1 aliphatic heterocycles. The molecule has 0 aromatic carbocycles. The second-order valence-electron chi connectivity index (χ2n) is 4.16. The molecule has 4 heteroatoms. The van der Waals surface area contributed by atoms with Crippen LogP contribution in [0, 0.1) is 0 Å². The molecule has 2 atom stereocenters. The van der Waals surface area contributed by atoms with Crippen molar-refractivity contribution >= 4 is 11.8 Å². The Labute approximate surface area is 102 Å². The first kappa shape index (κ1) is 12.0. The summed E-state index contributed by atoms with van der Waals surface area (Å²) < 4.78 is 2.12. The first-order chi connectivity index (χ1) is 7.86. The molecule has 1 saturated heterocycles. The van der Waals surface area contributed by atoms with E-state index in [9.17, 15) is 0 Å². The Bertz CT molecular complexity index is 318. The quantitative estimate of drug-likeness (QED) is 0.856. The number of hydrogen-bond acceptors (Lipinski definition) is 3. The van der Waals surface area contributed by atoms with Crippen molar-refractivity contribution < 1.29 is 0 Å². The van der Waals surface area contributed by atoms with Gasteiger partial charge in [-0.2, -0.15) is 16.9 Å². The molecule has 0 radical (unpaired) electrons. The molecule has 0 bridgehead atoms. The summed E-state index contributed by atoms with van der Waals surface area (Å²) in [6.07, 6.45) is 4.61. The Balaban J connectivity index is 2.17. The maximum atomic E-state index is 4.38. The Morgan fingerprint density at radius 3 is 3.12 bits per heavy atom. The van der Waals surface area contributed by atoms with Gasteiger partial charge in [-0.05, 0) is 38.1 Å². The first-order valence-corrected chi connectivity index (χ1v) is 7.28. The van der Waals surface area contributed by atoms with Crippen molar-refractivity contribution in [3.8, 4) is 0 Å². The maximum Gasteiger partial charge on any atom is 0.0612 e. The van der Waals surface area contributed by atoms with Crippen LogP contribution in [0.1, 0.15) is 38.4 Å². The smallest absolute Gasteiger partial charge is 0.0612 e. The topological polar surface area (TPSA) is 29.9 Å². The predicted octanol–water partition coefficient (Wildman–Crippen LogP) is 2.45. The van der Waals surface area contributed by atoms with Crippen molar-refractivity contribution in [1.82, 2.24) is 15.1 Å². The molecule has 1 aromatic rings. The van der Waals surface area contributed by atoms with E-state index < -0.39 is 0 Å². The second-order valence-corrected chi connectivity index (χ2v) is 5.51. The van der Waals surface area contributed by atoms with E-state index in [-0.39, 0.29) is 0 Å². The molecule has 0 spiro atoms. The molecule has 2 unspecified atom stereocenters. The molecule has 90 valence electrons. The van der Waals surface area contributed by atoms with Gasteiger partial charge in [0.25, 0.3) is 0 Å². The van der Waals surface area contributed by atoms with E-state index in [0.29, 0.717) is 6.04 Å². The van der Waals surface area contributed by atoms with Crippen LogP contribution in [0.15, 0.2) is 12.3 Å². The zero-order valence-corrected chi connectivity index (χ0v) is 11.0. The lowest BCUT2D eigenvalue weighted by Crippen LogP contribution is -2.31. The van der Waals surface area contributed by atoms with Crippen LogP contribution in [-0.4, -0.2) is 27.3 Å². The standard InChI is InChI=1S/C12H21N3S/c1-3-13-12(11-6-5-9-16-11)10-7-8-14-15(10)4-2/h7-8,11-13H,3-6,9H2,1-2H3. The molecule has 3 nitrogen and oxygen atoms in total. The van der Waals surface area contributed by atoms with Crippen LogP contribution < -0.4 is 5.32 Å². The third-order valence-corrected chi connectivity index (χ3v) is 4.59. The van der Waals surface area contributed by atoms with Gasteiger partial charge in [0, 0.05) is 18.0 Å². The van der Waals surface area contributed by atoms with Crippen molar-refractivity contribution in [3.63, 3.8) is 0 Å². The molecule has 2 heterocycles. The molecule has 0 saturated carbocycles. The summed E-state index contributed by atoms with van der Waals surface area (Å²) in [5.41, 5.74) is 1.35. The summed E-state index contributed by atoms with van der Waals surface area (Å²) in [4.78, 5) is 0. The van der Waals surface area contributed by atoms with Crippen molar-refractivity contribution in [2.75, 3.05) is 12.3 Å². The van der Waals surface area contributed by atoms with Crippen LogP contribution in [0.2, 0.25) is 0 Å². The first-order valence-electron chi connectivity index (χ1n) is 6.23. The zero-order chi connectivity index (χ0) is 11.4. The van der Waals surface area contributed by atoms with E-state index in [4.69, 9.17) is 0 Å². The third kappa shape index (κ3) is 2.43. The van der Waals surface area contributed by atoms with Gasteiger partial charge in [-0.3, -0.25) is 4.68 Å². The average molecular weight is 239 g/mol.